The number of imidazole rings is 1. The number of aliphatic hydroxyl groups excluding tert-OH is 2. The fraction of sp³-hybridized carbons (Fsp3) is 0.286. The number of fused-ring (bicyclic) bond motifs is 2. The van der Waals surface area contributed by atoms with Crippen LogP contribution in [0.15, 0.2) is 60.2 Å². The van der Waals surface area contributed by atoms with Crippen LogP contribution in [0.25, 0.3) is 32.4 Å². The third kappa shape index (κ3) is 3.39. The van der Waals surface area contributed by atoms with Gasteiger partial charge in [-0.15, -0.1) is 0 Å². The molecular weight excluding hydrogens is 412 g/mol. The number of anilines is 1. The van der Waals surface area contributed by atoms with Crippen molar-refractivity contribution in [1.82, 2.24) is 19.5 Å². The first kappa shape index (κ1) is 20.2. The van der Waals surface area contributed by atoms with Crippen LogP contribution < -0.4 is 5.32 Å². The maximum absolute atomic E-state index is 10.3. The van der Waals surface area contributed by atoms with Gasteiger partial charge in [-0.25, -0.2) is 15.0 Å². The Hall–Kier alpha value is -3.76. The molecule has 3 N–H and O–H groups in total. The number of benzene rings is 2. The summed E-state index contributed by atoms with van der Waals surface area (Å²) in [4.78, 5) is 15.9. The van der Waals surface area contributed by atoms with Crippen molar-refractivity contribution in [3.63, 3.8) is 0 Å². The van der Waals surface area contributed by atoms with Crippen LogP contribution in [-0.4, -0.2) is 54.6 Å². The van der Waals surface area contributed by atoms with Crippen LogP contribution in [0, 0.1) is 0 Å². The molecule has 0 saturated carbocycles. The molecule has 11 heteroatoms. The number of azide groups is 1. The molecule has 0 amide bonds. The van der Waals surface area contributed by atoms with Gasteiger partial charge in [0.1, 0.15) is 24.7 Å². The Morgan fingerprint density at radius 2 is 2.00 bits per heavy atom. The number of hydrogen-bond acceptors (Lipinski definition) is 8. The third-order valence-corrected chi connectivity index (χ3v) is 5.66. The molecule has 162 valence electrons. The zero-order valence-corrected chi connectivity index (χ0v) is 16.9. The van der Waals surface area contributed by atoms with Crippen LogP contribution >= 0.6 is 0 Å². The SMILES string of the molecule is [N-]=[N+]=N[C@@H]1[C@H](O)[C@@H](CO)O[C@H]1n1cnc2c(NCc3cccc4ccccc34)ncnc21. The molecule has 2 aromatic heterocycles. The summed E-state index contributed by atoms with van der Waals surface area (Å²) in [6.45, 7) is 0.126. The maximum Gasteiger partial charge on any atom is 0.167 e. The first-order chi connectivity index (χ1) is 15.7. The second-order valence-corrected chi connectivity index (χ2v) is 7.47. The maximum atomic E-state index is 10.3. The van der Waals surface area contributed by atoms with Gasteiger partial charge in [-0.3, -0.25) is 4.57 Å². The summed E-state index contributed by atoms with van der Waals surface area (Å²) >= 11 is 0. The van der Waals surface area contributed by atoms with Gasteiger partial charge in [0.05, 0.1) is 19.0 Å². The zero-order valence-electron chi connectivity index (χ0n) is 16.9. The summed E-state index contributed by atoms with van der Waals surface area (Å²) in [5.74, 6) is 0.541. The van der Waals surface area contributed by atoms with Crippen molar-refractivity contribution in [3.05, 3.63) is 71.1 Å². The van der Waals surface area contributed by atoms with E-state index in [-0.39, 0.29) is 0 Å². The fourth-order valence-electron chi connectivity index (χ4n) is 4.09. The van der Waals surface area contributed by atoms with Crippen LogP contribution in [0.4, 0.5) is 5.82 Å². The van der Waals surface area contributed by atoms with Crippen molar-refractivity contribution in [2.24, 2.45) is 5.11 Å². The minimum atomic E-state index is -1.15. The first-order valence-electron chi connectivity index (χ1n) is 10.1. The van der Waals surface area contributed by atoms with Crippen molar-refractivity contribution >= 4 is 27.8 Å². The average molecular weight is 432 g/mol. The van der Waals surface area contributed by atoms with E-state index in [4.69, 9.17) is 10.3 Å². The van der Waals surface area contributed by atoms with E-state index in [1.165, 1.54) is 12.7 Å². The van der Waals surface area contributed by atoms with Crippen LogP contribution in [-0.2, 0) is 11.3 Å². The van der Waals surface area contributed by atoms with E-state index in [0.29, 0.717) is 23.5 Å². The smallest absolute Gasteiger partial charge is 0.167 e. The monoisotopic (exact) mass is 432 g/mol. The molecule has 0 radical (unpaired) electrons. The summed E-state index contributed by atoms with van der Waals surface area (Å²) in [6, 6.07) is 13.4. The van der Waals surface area contributed by atoms with Gasteiger partial charge in [0.15, 0.2) is 17.0 Å². The van der Waals surface area contributed by atoms with Crippen molar-refractivity contribution in [3.8, 4) is 0 Å². The topological polar surface area (TPSA) is 154 Å². The Labute approximate surface area is 181 Å². The molecule has 4 atom stereocenters. The molecule has 5 rings (SSSR count). The van der Waals surface area contributed by atoms with Crippen molar-refractivity contribution in [2.45, 2.75) is 31.0 Å². The standard InChI is InChI=1S/C21H20N8O3/c22-28-27-16-18(31)15(9-30)32-21(16)29-11-26-17-19(24-10-25-20(17)29)23-8-13-6-3-5-12-4-1-2-7-14(12)13/h1-7,10-11,15-16,18,21,30-31H,8-9H2,(H,23,24,25)/t15-,16-,18-,21-/m1/s1. The molecule has 0 aliphatic carbocycles. The molecule has 11 nitrogen and oxygen atoms in total. The van der Waals surface area contributed by atoms with Crippen molar-refractivity contribution < 1.29 is 14.9 Å². The largest absolute Gasteiger partial charge is 0.394 e. The predicted octanol–water partition coefficient (Wildman–Crippen LogP) is 2.52. The van der Waals surface area contributed by atoms with Gasteiger partial charge >= 0.3 is 0 Å². The van der Waals surface area contributed by atoms with Gasteiger partial charge in [-0.2, -0.15) is 0 Å². The molecule has 1 fully saturated rings. The van der Waals surface area contributed by atoms with Crippen LogP contribution in [0.1, 0.15) is 11.8 Å². The predicted molar refractivity (Wildman–Crippen MR) is 117 cm³/mol. The number of rotatable bonds is 6. The quantitative estimate of drug-likeness (QED) is 0.240. The van der Waals surface area contributed by atoms with Gasteiger partial charge in [-0.05, 0) is 21.9 Å². The lowest BCUT2D eigenvalue weighted by Crippen LogP contribution is -2.31. The van der Waals surface area contributed by atoms with Gasteiger partial charge in [-0.1, -0.05) is 47.6 Å². The Morgan fingerprint density at radius 3 is 2.84 bits per heavy atom. The first-order valence-corrected chi connectivity index (χ1v) is 10.1. The molecule has 32 heavy (non-hydrogen) atoms. The summed E-state index contributed by atoms with van der Waals surface area (Å²) in [5, 5.41) is 29.1. The normalized spacial score (nSPS) is 22.8. The molecule has 1 aliphatic rings. The van der Waals surface area contributed by atoms with E-state index >= 15 is 0 Å². The Kier molecular flexibility index (Phi) is 5.29. The number of aromatic nitrogens is 4. The minimum absolute atomic E-state index is 0.408. The highest BCUT2D eigenvalue weighted by Crippen LogP contribution is 2.34. The van der Waals surface area contributed by atoms with Gasteiger partial charge < -0.3 is 20.3 Å². The third-order valence-electron chi connectivity index (χ3n) is 5.66. The van der Waals surface area contributed by atoms with E-state index in [0.717, 1.165) is 16.3 Å². The molecule has 4 aromatic rings. The fourth-order valence-corrected chi connectivity index (χ4v) is 4.09. The second kappa shape index (κ2) is 8.40. The van der Waals surface area contributed by atoms with E-state index in [2.05, 4.69) is 54.6 Å². The lowest BCUT2D eigenvalue weighted by molar-refractivity contribution is -0.0437. The second-order valence-electron chi connectivity index (χ2n) is 7.47. The van der Waals surface area contributed by atoms with Crippen LogP contribution in [0.5, 0.6) is 0 Å². The van der Waals surface area contributed by atoms with Crippen molar-refractivity contribution in [1.29, 1.82) is 0 Å². The Balaban J connectivity index is 1.46. The number of ether oxygens (including phenoxy) is 1. The molecule has 0 unspecified atom stereocenters. The number of nitrogens with zero attached hydrogens (tertiary/aromatic N) is 7. The Morgan fingerprint density at radius 1 is 1.16 bits per heavy atom. The number of aliphatic hydroxyl groups is 2. The highest BCUT2D eigenvalue weighted by Gasteiger charge is 2.44. The summed E-state index contributed by atoms with van der Waals surface area (Å²) < 4.78 is 7.32. The molecule has 0 bridgehead atoms. The zero-order chi connectivity index (χ0) is 22.1. The van der Waals surface area contributed by atoms with Gasteiger partial charge in [0.25, 0.3) is 0 Å². The van der Waals surface area contributed by atoms with Gasteiger partial charge in [0, 0.05) is 11.5 Å². The number of nitrogens with one attached hydrogen (secondary N) is 1. The molecule has 3 heterocycles. The lowest BCUT2D eigenvalue weighted by atomic mass is 10.0. The van der Waals surface area contributed by atoms with Gasteiger partial charge in [0.2, 0.25) is 0 Å². The summed E-state index contributed by atoms with van der Waals surface area (Å²) in [6.07, 6.45) is 0.0230. The van der Waals surface area contributed by atoms with E-state index in [1.54, 1.807) is 4.57 Å². The van der Waals surface area contributed by atoms with Crippen LogP contribution in [0.2, 0.25) is 0 Å². The van der Waals surface area contributed by atoms with E-state index < -0.39 is 31.1 Å². The lowest BCUT2D eigenvalue weighted by Gasteiger charge is -2.17. The molecule has 2 aromatic carbocycles. The van der Waals surface area contributed by atoms with Crippen molar-refractivity contribution in [2.75, 3.05) is 11.9 Å². The molecule has 1 aliphatic heterocycles. The molecule has 0 spiro atoms. The summed E-state index contributed by atoms with van der Waals surface area (Å²) in [5.41, 5.74) is 11.0. The Bertz CT molecular complexity index is 1310. The summed E-state index contributed by atoms with van der Waals surface area (Å²) in [7, 11) is 0. The average Bonchev–Trinajstić information content (AvgIpc) is 3.39. The number of hydrogen-bond donors (Lipinski definition) is 3. The highest BCUT2D eigenvalue weighted by atomic mass is 16.5. The van der Waals surface area contributed by atoms with E-state index in [9.17, 15) is 10.2 Å². The van der Waals surface area contributed by atoms with E-state index in [1.807, 2.05) is 18.2 Å². The molecule has 1 saturated heterocycles. The van der Waals surface area contributed by atoms with Crippen LogP contribution in [0.3, 0.4) is 0 Å². The highest BCUT2D eigenvalue weighted by molar-refractivity contribution is 5.86. The molecular formula is C21H20N8O3. The minimum Gasteiger partial charge on any atom is -0.394 e.